The van der Waals surface area contributed by atoms with Crippen molar-refractivity contribution in [1.29, 1.82) is 0 Å². The van der Waals surface area contributed by atoms with E-state index >= 15 is 0 Å². The molecule has 1 aliphatic heterocycles. The van der Waals surface area contributed by atoms with Crippen LogP contribution >= 0.6 is 0 Å². The van der Waals surface area contributed by atoms with Crippen LogP contribution in [0.25, 0.3) is 11.1 Å². The van der Waals surface area contributed by atoms with Gasteiger partial charge in [-0.2, -0.15) is 0 Å². The quantitative estimate of drug-likeness (QED) is 0.761. The molecule has 0 saturated carbocycles. The number of rotatable bonds is 5. The molecule has 4 rings (SSSR count). The van der Waals surface area contributed by atoms with Gasteiger partial charge >= 0.3 is 0 Å². The molecule has 1 heterocycles. The summed E-state index contributed by atoms with van der Waals surface area (Å²) >= 11 is 0. The Kier molecular flexibility index (Phi) is 5.21. The fourth-order valence-corrected chi connectivity index (χ4v) is 4.91. The third-order valence-electron chi connectivity index (χ3n) is 6.24. The highest BCUT2D eigenvalue weighted by molar-refractivity contribution is 5.88. The van der Waals surface area contributed by atoms with Crippen molar-refractivity contribution in [3.8, 4) is 39.9 Å². The van der Waals surface area contributed by atoms with Gasteiger partial charge in [0.15, 0.2) is 23.0 Å². The molecule has 156 valence electrons. The number of hydrogen-bond acceptors (Lipinski definition) is 6. The maximum atomic E-state index is 5.91. The van der Waals surface area contributed by atoms with Crippen LogP contribution in [0.1, 0.15) is 29.2 Å². The lowest BCUT2D eigenvalue weighted by Gasteiger charge is -2.36. The van der Waals surface area contributed by atoms with Gasteiger partial charge in [-0.3, -0.25) is 4.90 Å². The Morgan fingerprint density at radius 1 is 0.724 bits per heavy atom. The van der Waals surface area contributed by atoms with E-state index in [1.807, 2.05) is 0 Å². The van der Waals surface area contributed by atoms with E-state index in [2.05, 4.69) is 24.1 Å². The van der Waals surface area contributed by atoms with Crippen LogP contribution in [-0.4, -0.2) is 54.0 Å². The average molecular weight is 399 g/mol. The highest BCUT2D eigenvalue weighted by Crippen LogP contribution is 2.56. The summed E-state index contributed by atoms with van der Waals surface area (Å²) in [4.78, 5) is 2.44. The topological polar surface area (TPSA) is 49.4 Å². The molecule has 1 unspecified atom stereocenters. The molecular weight excluding hydrogens is 370 g/mol. The number of nitrogens with zero attached hydrogens (tertiary/aromatic N) is 1. The predicted octanol–water partition coefficient (Wildman–Crippen LogP) is 3.87. The third kappa shape index (κ3) is 2.89. The van der Waals surface area contributed by atoms with Crippen molar-refractivity contribution in [3.63, 3.8) is 0 Å². The molecule has 29 heavy (non-hydrogen) atoms. The van der Waals surface area contributed by atoms with Gasteiger partial charge in [0.05, 0.1) is 35.5 Å². The maximum absolute atomic E-state index is 5.91. The van der Waals surface area contributed by atoms with Crippen LogP contribution in [0, 0.1) is 0 Å². The van der Waals surface area contributed by atoms with E-state index in [1.54, 1.807) is 35.5 Å². The highest BCUT2D eigenvalue weighted by atomic mass is 16.5. The second-order valence-electron chi connectivity index (χ2n) is 7.52. The minimum Gasteiger partial charge on any atom is -0.493 e. The zero-order chi connectivity index (χ0) is 20.7. The molecule has 1 atom stereocenters. The molecule has 0 aromatic heterocycles. The number of likely N-dealkylation sites (N-methyl/N-ethyl adjacent to an activating group) is 1. The van der Waals surface area contributed by atoms with Crippen LogP contribution in [0.2, 0.25) is 0 Å². The number of methoxy groups -OCH3 is 5. The van der Waals surface area contributed by atoms with Crippen LogP contribution in [0.3, 0.4) is 0 Å². The highest BCUT2D eigenvalue weighted by Gasteiger charge is 2.37. The van der Waals surface area contributed by atoms with Crippen molar-refractivity contribution in [2.75, 3.05) is 49.1 Å². The molecule has 1 aliphatic carbocycles. The molecule has 6 nitrogen and oxygen atoms in total. The van der Waals surface area contributed by atoms with E-state index in [0.717, 1.165) is 54.0 Å². The Morgan fingerprint density at radius 3 is 1.97 bits per heavy atom. The van der Waals surface area contributed by atoms with E-state index in [0.29, 0.717) is 23.3 Å². The van der Waals surface area contributed by atoms with E-state index in [1.165, 1.54) is 11.1 Å². The summed E-state index contributed by atoms with van der Waals surface area (Å²) in [7, 11) is 10.5. The van der Waals surface area contributed by atoms with Crippen molar-refractivity contribution in [2.45, 2.75) is 25.3 Å². The minimum absolute atomic E-state index is 0.308. The maximum Gasteiger partial charge on any atom is 0.203 e. The molecule has 0 amide bonds. The van der Waals surface area contributed by atoms with Gasteiger partial charge < -0.3 is 23.7 Å². The van der Waals surface area contributed by atoms with Gasteiger partial charge in [0, 0.05) is 23.7 Å². The average Bonchev–Trinajstić information content (AvgIpc) is 2.92. The van der Waals surface area contributed by atoms with Crippen LogP contribution in [0.15, 0.2) is 12.1 Å². The molecule has 6 heteroatoms. The second-order valence-corrected chi connectivity index (χ2v) is 7.52. The first-order valence-electron chi connectivity index (χ1n) is 9.89. The molecule has 0 spiro atoms. The zero-order valence-electron chi connectivity index (χ0n) is 18.0. The van der Waals surface area contributed by atoms with Crippen molar-refractivity contribution in [3.05, 3.63) is 28.8 Å². The molecule has 2 aliphatic rings. The lowest BCUT2D eigenvalue weighted by molar-refractivity contribution is 0.220. The molecular formula is C23H29NO5. The lowest BCUT2D eigenvalue weighted by Crippen LogP contribution is -2.32. The van der Waals surface area contributed by atoms with E-state index in [9.17, 15) is 0 Å². The Morgan fingerprint density at radius 2 is 1.34 bits per heavy atom. The van der Waals surface area contributed by atoms with Gasteiger partial charge in [-0.25, -0.2) is 0 Å². The minimum atomic E-state index is 0.308. The van der Waals surface area contributed by atoms with E-state index < -0.39 is 0 Å². The molecule has 0 fully saturated rings. The fraction of sp³-hybridized carbons (Fsp3) is 0.478. The van der Waals surface area contributed by atoms with Crippen molar-refractivity contribution < 1.29 is 23.7 Å². The summed E-state index contributed by atoms with van der Waals surface area (Å²) in [5.41, 5.74) is 5.83. The number of hydrogen-bond donors (Lipinski definition) is 0. The van der Waals surface area contributed by atoms with Crippen molar-refractivity contribution in [1.82, 2.24) is 4.90 Å². The molecule has 0 radical (unpaired) electrons. The molecule has 0 N–H and O–H groups in total. The van der Waals surface area contributed by atoms with Gasteiger partial charge in [-0.1, -0.05) is 0 Å². The molecule has 2 aromatic rings. The summed E-state index contributed by atoms with van der Waals surface area (Å²) in [5, 5.41) is 0. The van der Waals surface area contributed by atoms with Gasteiger partial charge in [-0.15, -0.1) is 0 Å². The standard InChI is InChI=1S/C23H29NO5/c1-24-10-9-14-12-16(25-2)21(27-4)20-18(14)15(24)8-7-13-11-17(26-3)22(28-5)23(29-6)19(13)20/h11-12,15H,7-10H2,1-6H3. The number of aryl methyl sites for hydroxylation is 1. The normalized spacial score (nSPS) is 17.7. The summed E-state index contributed by atoms with van der Waals surface area (Å²) < 4.78 is 28.9. The Labute approximate surface area is 172 Å². The van der Waals surface area contributed by atoms with Crippen LogP contribution < -0.4 is 23.7 Å². The Hall–Kier alpha value is -2.60. The van der Waals surface area contributed by atoms with Crippen LogP contribution in [0.4, 0.5) is 0 Å². The van der Waals surface area contributed by atoms with Crippen molar-refractivity contribution in [2.24, 2.45) is 0 Å². The van der Waals surface area contributed by atoms with E-state index in [4.69, 9.17) is 23.7 Å². The molecule has 2 aromatic carbocycles. The van der Waals surface area contributed by atoms with Gasteiger partial charge in [-0.05, 0) is 55.1 Å². The largest absolute Gasteiger partial charge is 0.493 e. The van der Waals surface area contributed by atoms with Gasteiger partial charge in [0.2, 0.25) is 5.75 Å². The first-order valence-corrected chi connectivity index (χ1v) is 9.89. The van der Waals surface area contributed by atoms with Gasteiger partial charge in [0.1, 0.15) is 0 Å². The smallest absolute Gasteiger partial charge is 0.203 e. The summed E-state index contributed by atoms with van der Waals surface area (Å²) in [6, 6.07) is 4.51. The zero-order valence-corrected chi connectivity index (χ0v) is 18.0. The Bertz CT molecular complexity index is 940. The number of fused-ring (bicyclic) bond motifs is 2. The van der Waals surface area contributed by atoms with Crippen LogP contribution in [0.5, 0.6) is 28.7 Å². The predicted molar refractivity (Wildman–Crippen MR) is 112 cm³/mol. The number of ether oxygens (including phenoxy) is 5. The summed E-state index contributed by atoms with van der Waals surface area (Å²) in [5.74, 6) is 3.42. The van der Waals surface area contributed by atoms with Crippen molar-refractivity contribution >= 4 is 0 Å². The first kappa shape index (κ1) is 19.7. The molecule has 0 saturated heterocycles. The van der Waals surface area contributed by atoms with Gasteiger partial charge in [0.25, 0.3) is 0 Å². The Balaban J connectivity index is 2.16. The summed E-state index contributed by atoms with van der Waals surface area (Å²) in [6.07, 6.45) is 2.89. The van der Waals surface area contributed by atoms with Crippen LogP contribution in [-0.2, 0) is 12.8 Å². The van der Waals surface area contributed by atoms with E-state index in [-0.39, 0.29) is 0 Å². The monoisotopic (exact) mass is 399 g/mol. The SMILES string of the molecule is COc1cc2c(c(OC)c1OC)-c1c(OC)c(OC)cc3c1C(CC2)N(C)CC3. The third-order valence-corrected chi connectivity index (χ3v) is 6.24. The molecule has 0 bridgehead atoms. The summed E-state index contributed by atoms with van der Waals surface area (Å²) in [6.45, 7) is 1.02. The second kappa shape index (κ2) is 7.67. The fourth-order valence-electron chi connectivity index (χ4n) is 4.91. The lowest BCUT2D eigenvalue weighted by atomic mass is 9.85. The number of benzene rings is 2. The first-order chi connectivity index (χ1) is 14.1.